The highest BCUT2D eigenvalue weighted by Gasteiger charge is 2.08. The lowest BCUT2D eigenvalue weighted by Gasteiger charge is -2.26. The molecule has 23 heavy (non-hydrogen) atoms. The molecule has 1 heterocycles. The van der Waals surface area contributed by atoms with E-state index in [1.165, 1.54) is 50.0 Å². The molecule has 0 aliphatic carbocycles. The highest BCUT2D eigenvalue weighted by molar-refractivity contribution is 5.31. The maximum Gasteiger partial charge on any atom is 0.119 e. The molecule has 0 atom stereocenters. The van der Waals surface area contributed by atoms with Gasteiger partial charge in [-0.15, -0.1) is 0 Å². The second-order valence-corrected chi connectivity index (χ2v) is 6.41. The van der Waals surface area contributed by atoms with Gasteiger partial charge >= 0.3 is 0 Å². The van der Waals surface area contributed by atoms with Crippen LogP contribution in [0.25, 0.3) is 0 Å². The zero-order valence-electron chi connectivity index (χ0n) is 13.9. The summed E-state index contributed by atoms with van der Waals surface area (Å²) in [6.07, 6.45) is 6.23. The van der Waals surface area contributed by atoms with Crippen molar-refractivity contribution >= 4 is 0 Å². The summed E-state index contributed by atoms with van der Waals surface area (Å²) in [5.74, 6) is 0.987. The van der Waals surface area contributed by atoms with E-state index in [1.807, 2.05) is 0 Å². The molecule has 0 saturated carbocycles. The number of benzene rings is 2. The Morgan fingerprint density at radius 1 is 0.783 bits per heavy atom. The maximum atomic E-state index is 5.88. The summed E-state index contributed by atoms with van der Waals surface area (Å²) in [5.41, 5.74) is 2.68. The summed E-state index contributed by atoms with van der Waals surface area (Å²) < 4.78 is 5.88. The molecule has 0 amide bonds. The van der Waals surface area contributed by atoms with Gasteiger partial charge in [0.2, 0.25) is 0 Å². The molecular formula is C21H27NO. The molecule has 1 aliphatic heterocycles. The first-order valence-corrected chi connectivity index (χ1v) is 8.88. The summed E-state index contributed by atoms with van der Waals surface area (Å²) in [5, 5.41) is 0. The van der Waals surface area contributed by atoms with Crippen molar-refractivity contribution in [3.05, 3.63) is 65.7 Å². The molecule has 0 aromatic heterocycles. The van der Waals surface area contributed by atoms with Gasteiger partial charge in [0.05, 0.1) is 6.61 Å². The standard InChI is InChI=1S/C21H27NO/c1-3-8-19(9-4-1)18-20-10-12-21(13-11-20)23-17-7-16-22-14-5-2-6-15-22/h1,3-4,8-13H,2,5-7,14-18H2. The van der Waals surface area contributed by atoms with Crippen LogP contribution in [0.15, 0.2) is 54.6 Å². The Morgan fingerprint density at radius 2 is 1.48 bits per heavy atom. The molecule has 0 bridgehead atoms. The number of ether oxygens (including phenoxy) is 1. The monoisotopic (exact) mass is 309 g/mol. The molecule has 0 unspecified atom stereocenters. The molecular weight excluding hydrogens is 282 g/mol. The van der Waals surface area contributed by atoms with Crippen LogP contribution < -0.4 is 4.74 Å². The minimum absolute atomic E-state index is 0.814. The molecule has 1 fully saturated rings. The van der Waals surface area contributed by atoms with Crippen molar-refractivity contribution in [2.75, 3.05) is 26.2 Å². The predicted octanol–water partition coefficient (Wildman–Crippen LogP) is 4.53. The molecule has 0 spiro atoms. The Balaban J connectivity index is 1.39. The van der Waals surface area contributed by atoms with Crippen molar-refractivity contribution in [2.24, 2.45) is 0 Å². The number of piperidine rings is 1. The molecule has 2 nitrogen and oxygen atoms in total. The molecule has 1 saturated heterocycles. The third-order valence-electron chi connectivity index (χ3n) is 4.51. The van der Waals surface area contributed by atoms with Crippen LogP contribution in [0.1, 0.15) is 36.8 Å². The Hall–Kier alpha value is -1.80. The van der Waals surface area contributed by atoms with Crippen molar-refractivity contribution in [1.29, 1.82) is 0 Å². The number of rotatable bonds is 7. The molecule has 122 valence electrons. The van der Waals surface area contributed by atoms with Crippen LogP contribution in [0.3, 0.4) is 0 Å². The highest BCUT2D eigenvalue weighted by atomic mass is 16.5. The smallest absolute Gasteiger partial charge is 0.119 e. The minimum Gasteiger partial charge on any atom is -0.494 e. The van der Waals surface area contributed by atoms with E-state index in [1.54, 1.807) is 0 Å². The van der Waals surface area contributed by atoms with E-state index in [2.05, 4.69) is 59.5 Å². The quantitative estimate of drug-likeness (QED) is 0.697. The van der Waals surface area contributed by atoms with Crippen molar-refractivity contribution in [1.82, 2.24) is 4.90 Å². The fourth-order valence-electron chi connectivity index (χ4n) is 3.20. The van der Waals surface area contributed by atoms with E-state index in [4.69, 9.17) is 4.74 Å². The zero-order valence-corrected chi connectivity index (χ0v) is 13.9. The zero-order chi connectivity index (χ0) is 15.7. The van der Waals surface area contributed by atoms with E-state index in [9.17, 15) is 0 Å². The van der Waals surface area contributed by atoms with E-state index in [0.29, 0.717) is 0 Å². The van der Waals surface area contributed by atoms with Gasteiger partial charge in [0.15, 0.2) is 0 Å². The molecule has 2 aromatic carbocycles. The number of likely N-dealkylation sites (tertiary alicyclic amines) is 1. The molecule has 1 aliphatic rings. The van der Waals surface area contributed by atoms with Crippen molar-refractivity contribution in [3.63, 3.8) is 0 Å². The Morgan fingerprint density at radius 3 is 2.22 bits per heavy atom. The SMILES string of the molecule is c1ccc(Cc2ccc(OCCCN3CCCCC3)cc2)cc1. The average molecular weight is 309 g/mol. The fraction of sp³-hybridized carbons (Fsp3) is 0.429. The lowest BCUT2D eigenvalue weighted by atomic mass is 10.1. The lowest BCUT2D eigenvalue weighted by Crippen LogP contribution is -2.31. The first-order valence-electron chi connectivity index (χ1n) is 8.88. The summed E-state index contributed by atoms with van der Waals surface area (Å²) in [6.45, 7) is 4.53. The van der Waals surface area contributed by atoms with Gasteiger partial charge in [0.25, 0.3) is 0 Å². The van der Waals surface area contributed by atoms with Gasteiger partial charge in [-0.2, -0.15) is 0 Å². The van der Waals surface area contributed by atoms with Gasteiger partial charge in [0, 0.05) is 6.54 Å². The van der Waals surface area contributed by atoms with Gasteiger partial charge < -0.3 is 9.64 Å². The van der Waals surface area contributed by atoms with Crippen LogP contribution in [-0.4, -0.2) is 31.1 Å². The van der Waals surface area contributed by atoms with Crippen molar-refractivity contribution in [3.8, 4) is 5.75 Å². The van der Waals surface area contributed by atoms with Crippen LogP contribution in [0, 0.1) is 0 Å². The summed E-state index contributed by atoms with van der Waals surface area (Å²) in [6, 6.07) is 19.1. The molecule has 2 heteroatoms. The average Bonchev–Trinajstić information content (AvgIpc) is 2.62. The van der Waals surface area contributed by atoms with Crippen LogP contribution in [0.4, 0.5) is 0 Å². The second-order valence-electron chi connectivity index (χ2n) is 6.41. The summed E-state index contributed by atoms with van der Waals surface area (Å²) >= 11 is 0. The van der Waals surface area contributed by atoms with E-state index >= 15 is 0 Å². The molecule has 3 rings (SSSR count). The van der Waals surface area contributed by atoms with E-state index in [-0.39, 0.29) is 0 Å². The highest BCUT2D eigenvalue weighted by Crippen LogP contribution is 2.16. The fourth-order valence-corrected chi connectivity index (χ4v) is 3.20. The largest absolute Gasteiger partial charge is 0.494 e. The lowest BCUT2D eigenvalue weighted by molar-refractivity contribution is 0.205. The Kier molecular flexibility index (Phi) is 6.10. The van der Waals surface area contributed by atoms with Crippen molar-refractivity contribution in [2.45, 2.75) is 32.1 Å². The van der Waals surface area contributed by atoms with Gasteiger partial charge in [-0.25, -0.2) is 0 Å². The van der Waals surface area contributed by atoms with Gasteiger partial charge in [0.1, 0.15) is 5.75 Å². The normalized spacial score (nSPS) is 15.5. The molecule has 2 aromatic rings. The molecule has 0 N–H and O–H groups in total. The summed E-state index contributed by atoms with van der Waals surface area (Å²) in [4.78, 5) is 2.57. The maximum absolute atomic E-state index is 5.88. The van der Waals surface area contributed by atoms with Gasteiger partial charge in [-0.05, 0) is 62.0 Å². The number of nitrogens with zero attached hydrogens (tertiary/aromatic N) is 1. The minimum atomic E-state index is 0.814. The number of hydrogen-bond donors (Lipinski definition) is 0. The third-order valence-corrected chi connectivity index (χ3v) is 4.51. The van der Waals surface area contributed by atoms with Gasteiger partial charge in [-0.3, -0.25) is 0 Å². The molecule has 0 radical (unpaired) electrons. The Bertz CT molecular complexity index is 558. The van der Waals surface area contributed by atoms with Gasteiger partial charge in [-0.1, -0.05) is 48.9 Å². The third kappa shape index (κ3) is 5.40. The predicted molar refractivity (Wildman–Crippen MR) is 96.1 cm³/mol. The first-order chi connectivity index (χ1) is 11.4. The van der Waals surface area contributed by atoms with E-state index in [0.717, 1.165) is 25.2 Å². The summed E-state index contributed by atoms with van der Waals surface area (Å²) in [7, 11) is 0. The van der Waals surface area contributed by atoms with E-state index < -0.39 is 0 Å². The second kappa shape index (κ2) is 8.73. The van der Waals surface area contributed by atoms with Crippen LogP contribution in [0.5, 0.6) is 5.75 Å². The van der Waals surface area contributed by atoms with Crippen LogP contribution in [-0.2, 0) is 6.42 Å². The van der Waals surface area contributed by atoms with Crippen LogP contribution in [0.2, 0.25) is 0 Å². The Labute approximate surface area is 140 Å². The first kappa shape index (κ1) is 16.1. The van der Waals surface area contributed by atoms with Crippen LogP contribution >= 0.6 is 0 Å². The van der Waals surface area contributed by atoms with Crippen molar-refractivity contribution < 1.29 is 4.74 Å². The topological polar surface area (TPSA) is 12.5 Å². The number of hydrogen-bond acceptors (Lipinski definition) is 2.